The molecule has 1 atom stereocenters. The summed E-state index contributed by atoms with van der Waals surface area (Å²) < 4.78 is 0. The molecule has 0 bridgehead atoms. The van der Waals surface area contributed by atoms with Gasteiger partial charge in [-0.2, -0.15) is 0 Å². The Kier molecular flexibility index (Phi) is 0.837. The normalized spacial score (nSPS) is 46.0. The van der Waals surface area contributed by atoms with E-state index in [-0.39, 0.29) is 5.54 Å². The van der Waals surface area contributed by atoms with Gasteiger partial charge in [0, 0.05) is 24.0 Å². The molecule has 1 aliphatic heterocycles. The maximum absolute atomic E-state index is 6.06. The van der Waals surface area contributed by atoms with Gasteiger partial charge in [0.25, 0.3) is 0 Å². The van der Waals surface area contributed by atoms with Crippen molar-refractivity contribution in [2.24, 2.45) is 11.1 Å². The molecule has 3 N–H and O–H groups in total. The Bertz CT molecular complexity index is 132. The summed E-state index contributed by atoms with van der Waals surface area (Å²) in [4.78, 5) is 0. The minimum absolute atomic E-state index is 0.0903. The summed E-state index contributed by atoms with van der Waals surface area (Å²) in [5.41, 5.74) is 6.65. The molecule has 1 saturated carbocycles. The van der Waals surface area contributed by atoms with Crippen molar-refractivity contribution in [3.05, 3.63) is 0 Å². The van der Waals surface area contributed by atoms with Crippen LogP contribution in [0.3, 0.4) is 0 Å². The molecule has 1 heterocycles. The van der Waals surface area contributed by atoms with Crippen LogP contribution in [-0.4, -0.2) is 18.6 Å². The van der Waals surface area contributed by atoms with Crippen LogP contribution >= 0.6 is 0 Å². The van der Waals surface area contributed by atoms with Gasteiger partial charge in [-0.05, 0) is 19.8 Å². The minimum atomic E-state index is 0.0903. The van der Waals surface area contributed by atoms with Crippen molar-refractivity contribution in [3.63, 3.8) is 0 Å². The maximum atomic E-state index is 6.06. The molecule has 0 amide bonds. The molecule has 0 aromatic rings. The third-order valence-electron chi connectivity index (χ3n) is 3.02. The van der Waals surface area contributed by atoms with E-state index >= 15 is 0 Å². The monoisotopic (exact) mass is 126 g/mol. The van der Waals surface area contributed by atoms with Crippen LogP contribution in [0.5, 0.6) is 0 Å². The van der Waals surface area contributed by atoms with Gasteiger partial charge >= 0.3 is 0 Å². The second kappa shape index (κ2) is 1.32. The van der Waals surface area contributed by atoms with E-state index in [1.807, 2.05) is 0 Å². The van der Waals surface area contributed by atoms with Crippen LogP contribution in [0, 0.1) is 5.41 Å². The molecule has 0 aromatic heterocycles. The molecule has 2 nitrogen and oxygen atoms in total. The van der Waals surface area contributed by atoms with Crippen molar-refractivity contribution < 1.29 is 0 Å². The van der Waals surface area contributed by atoms with Gasteiger partial charge in [-0.3, -0.25) is 0 Å². The minimum Gasteiger partial charge on any atom is -0.324 e. The summed E-state index contributed by atoms with van der Waals surface area (Å²) in [5.74, 6) is 0. The fourth-order valence-corrected chi connectivity index (χ4v) is 1.85. The molecule has 0 radical (unpaired) electrons. The van der Waals surface area contributed by atoms with Gasteiger partial charge in [0.2, 0.25) is 0 Å². The first-order chi connectivity index (χ1) is 4.16. The van der Waals surface area contributed by atoms with Gasteiger partial charge in [-0.15, -0.1) is 0 Å². The molecule has 1 saturated heterocycles. The Morgan fingerprint density at radius 2 is 2.00 bits per heavy atom. The van der Waals surface area contributed by atoms with Gasteiger partial charge in [-0.25, -0.2) is 0 Å². The Labute approximate surface area is 55.8 Å². The molecule has 2 fully saturated rings. The molecular formula is C7H14N2. The molecule has 0 unspecified atom stereocenters. The number of hydrogen-bond donors (Lipinski definition) is 2. The highest BCUT2D eigenvalue weighted by atomic mass is 15.1. The average molecular weight is 126 g/mol. The molecule has 2 heteroatoms. The van der Waals surface area contributed by atoms with Crippen molar-refractivity contribution in [1.29, 1.82) is 0 Å². The van der Waals surface area contributed by atoms with Crippen LogP contribution in [0.2, 0.25) is 0 Å². The van der Waals surface area contributed by atoms with Crippen molar-refractivity contribution in [3.8, 4) is 0 Å². The Balaban J connectivity index is 2.23. The molecule has 52 valence electrons. The van der Waals surface area contributed by atoms with Crippen LogP contribution in [0.1, 0.15) is 19.8 Å². The molecule has 2 rings (SSSR count). The number of nitrogens with one attached hydrogen (secondary N) is 1. The Morgan fingerprint density at radius 1 is 1.33 bits per heavy atom. The third kappa shape index (κ3) is 0.578. The largest absolute Gasteiger partial charge is 0.324 e. The zero-order chi connectivity index (χ0) is 6.54. The van der Waals surface area contributed by atoms with Crippen molar-refractivity contribution in [1.82, 2.24) is 5.32 Å². The highest BCUT2D eigenvalue weighted by Crippen LogP contribution is 2.54. The molecule has 1 aliphatic carbocycles. The van der Waals surface area contributed by atoms with Crippen molar-refractivity contribution >= 4 is 0 Å². The van der Waals surface area contributed by atoms with E-state index in [1.54, 1.807) is 0 Å². The predicted octanol–water partition coefficient (Wildman–Crippen LogP) is 0.0872. The SMILES string of the molecule is C[C@]1(N)CNCC12CC2. The second-order valence-corrected chi connectivity index (χ2v) is 3.80. The lowest BCUT2D eigenvalue weighted by molar-refractivity contribution is 0.354. The second-order valence-electron chi connectivity index (χ2n) is 3.80. The van der Waals surface area contributed by atoms with Gasteiger partial charge in [-0.1, -0.05) is 0 Å². The summed E-state index contributed by atoms with van der Waals surface area (Å²) in [6, 6.07) is 0. The van der Waals surface area contributed by atoms with Crippen LogP contribution in [0.4, 0.5) is 0 Å². The Morgan fingerprint density at radius 3 is 2.22 bits per heavy atom. The summed E-state index contributed by atoms with van der Waals surface area (Å²) in [6.07, 6.45) is 2.68. The van der Waals surface area contributed by atoms with E-state index in [1.165, 1.54) is 12.8 Å². The zero-order valence-electron chi connectivity index (χ0n) is 5.91. The van der Waals surface area contributed by atoms with E-state index in [2.05, 4.69) is 12.2 Å². The van der Waals surface area contributed by atoms with E-state index in [0.29, 0.717) is 5.41 Å². The van der Waals surface area contributed by atoms with E-state index < -0.39 is 0 Å². The highest BCUT2D eigenvalue weighted by Gasteiger charge is 2.57. The molecule has 2 aliphatic rings. The average Bonchev–Trinajstić information content (AvgIpc) is 2.41. The van der Waals surface area contributed by atoms with Gasteiger partial charge in [0.05, 0.1) is 0 Å². The lowest BCUT2D eigenvalue weighted by Crippen LogP contribution is -2.45. The van der Waals surface area contributed by atoms with E-state index in [9.17, 15) is 0 Å². The van der Waals surface area contributed by atoms with E-state index in [0.717, 1.165) is 13.1 Å². The van der Waals surface area contributed by atoms with Gasteiger partial charge in [0.15, 0.2) is 0 Å². The third-order valence-corrected chi connectivity index (χ3v) is 3.02. The smallest absolute Gasteiger partial charge is 0.0321 e. The molecule has 0 aromatic carbocycles. The Hall–Kier alpha value is -0.0800. The van der Waals surface area contributed by atoms with Crippen LogP contribution in [-0.2, 0) is 0 Å². The molecular weight excluding hydrogens is 112 g/mol. The van der Waals surface area contributed by atoms with Crippen LogP contribution in [0.15, 0.2) is 0 Å². The number of hydrogen-bond acceptors (Lipinski definition) is 2. The zero-order valence-corrected chi connectivity index (χ0v) is 5.91. The fourth-order valence-electron chi connectivity index (χ4n) is 1.85. The van der Waals surface area contributed by atoms with Gasteiger partial charge in [0.1, 0.15) is 0 Å². The first kappa shape index (κ1) is 5.69. The summed E-state index contributed by atoms with van der Waals surface area (Å²) >= 11 is 0. The highest BCUT2D eigenvalue weighted by molar-refractivity contribution is 5.15. The van der Waals surface area contributed by atoms with Crippen molar-refractivity contribution in [2.75, 3.05) is 13.1 Å². The first-order valence-corrected chi connectivity index (χ1v) is 3.66. The maximum Gasteiger partial charge on any atom is 0.0321 e. The molecule has 1 spiro atoms. The first-order valence-electron chi connectivity index (χ1n) is 3.66. The lowest BCUT2D eigenvalue weighted by atomic mass is 9.87. The van der Waals surface area contributed by atoms with Crippen molar-refractivity contribution in [2.45, 2.75) is 25.3 Å². The summed E-state index contributed by atoms with van der Waals surface area (Å²) in [6.45, 7) is 4.33. The number of rotatable bonds is 0. The fraction of sp³-hybridized carbons (Fsp3) is 1.00. The quantitative estimate of drug-likeness (QED) is 0.482. The van der Waals surface area contributed by atoms with Crippen LogP contribution in [0.25, 0.3) is 0 Å². The van der Waals surface area contributed by atoms with Crippen LogP contribution < -0.4 is 11.1 Å². The predicted molar refractivity (Wildman–Crippen MR) is 37.1 cm³/mol. The standard InChI is InChI=1S/C7H14N2/c1-6(8)4-9-5-7(6)2-3-7/h9H,2-5,8H2,1H3/t6-/m0/s1. The molecule has 9 heavy (non-hydrogen) atoms. The number of nitrogens with two attached hydrogens (primary N) is 1. The summed E-state index contributed by atoms with van der Waals surface area (Å²) in [5, 5.41) is 3.34. The van der Waals surface area contributed by atoms with Gasteiger partial charge < -0.3 is 11.1 Å². The topological polar surface area (TPSA) is 38.0 Å². The summed E-state index contributed by atoms with van der Waals surface area (Å²) in [7, 11) is 0. The lowest BCUT2D eigenvalue weighted by Gasteiger charge is -2.24. The van der Waals surface area contributed by atoms with E-state index in [4.69, 9.17) is 5.73 Å².